The van der Waals surface area contributed by atoms with Crippen molar-refractivity contribution < 1.29 is 9.13 Å². The van der Waals surface area contributed by atoms with Crippen molar-refractivity contribution in [1.29, 1.82) is 0 Å². The molecule has 4 heteroatoms. The van der Waals surface area contributed by atoms with Gasteiger partial charge in [-0.1, -0.05) is 26.7 Å². The Morgan fingerprint density at radius 3 is 2.58 bits per heavy atom. The molecule has 19 heavy (non-hydrogen) atoms. The molecule has 0 N–H and O–H groups in total. The van der Waals surface area contributed by atoms with Crippen LogP contribution in [-0.2, 0) is 19.8 Å². The SMILES string of the molecule is CCCCn1[c-][n+](C[n+]2ccn(CCCC)c2)cc1. The van der Waals surface area contributed by atoms with Crippen LogP contribution >= 0.6 is 0 Å². The van der Waals surface area contributed by atoms with Gasteiger partial charge in [0, 0.05) is 0 Å². The van der Waals surface area contributed by atoms with Gasteiger partial charge in [-0.05, 0) is 25.2 Å². The zero-order chi connectivity index (χ0) is 13.5. The van der Waals surface area contributed by atoms with Crippen LogP contribution in [0.15, 0.2) is 31.1 Å². The monoisotopic (exact) mass is 261 g/mol. The Kier molecular flexibility index (Phi) is 5.19. The van der Waals surface area contributed by atoms with Gasteiger partial charge in [0.25, 0.3) is 0 Å². The zero-order valence-corrected chi connectivity index (χ0v) is 12.1. The topological polar surface area (TPSA) is 17.6 Å². The summed E-state index contributed by atoms with van der Waals surface area (Å²) in [6, 6.07) is 0. The molecule has 0 radical (unpaired) electrons. The third-order valence-electron chi connectivity index (χ3n) is 3.27. The van der Waals surface area contributed by atoms with Crippen LogP contribution in [0.2, 0.25) is 0 Å². The van der Waals surface area contributed by atoms with Crippen molar-refractivity contribution in [2.75, 3.05) is 0 Å². The number of rotatable bonds is 8. The van der Waals surface area contributed by atoms with Gasteiger partial charge in [0.1, 0.15) is 12.4 Å². The highest BCUT2D eigenvalue weighted by atomic mass is 15.2. The van der Waals surface area contributed by atoms with E-state index in [1.165, 1.54) is 25.7 Å². The molecular formula is C15H25N4+. The highest BCUT2D eigenvalue weighted by molar-refractivity contribution is 4.66. The second-order valence-electron chi connectivity index (χ2n) is 5.08. The normalized spacial score (nSPS) is 11.1. The molecule has 0 aliphatic rings. The van der Waals surface area contributed by atoms with E-state index >= 15 is 0 Å². The molecule has 2 aromatic rings. The average molecular weight is 261 g/mol. The molecule has 2 rings (SSSR count). The second kappa shape index (κ2) is 7.12. The van der Waals surface area contributed by atoms with Crippen molar-refractivity contribution in [3.63, 3.8) is 0 Å². The van der Waals surface area contributed by atoms with Crippen molar-refractivity contribution in [3.05, 3.63) is 37.4 Å². The van der Waals surface area contributed by atoms with Crippen molar-refractivity contribution in [2.45, 2.75) is 59.3 Å². The molecule has 0 aliphatic carbocycles. The van der Waals surface area contributed by atoms with Crippen molar-refractivity contribution >= 4 is 0 Å². The number of aryl methyl sites for hydroxylation is 2. The molecule has 0 aromatic carbocycles. The van der Waals surface area contributed by atoms with Gasteiger partial charge >= 0.3 is 0 Å². The minimum atomic E-state index is 0.832. The maximum absolute atomic E-state index is 3.35. The van der Waals surface area contributed by atoms with Gasteiger partial charge < -0.3 is 9.13 Å². The van der Waals surface area contributed by atoms with Gasteiger partial charge in [-0.15, -0.1) is 0 Å². The lowest BCUT2D eigenvalue weighted by atomic mass is 10.3. The first-order valence-electron chi connectivity index (χ1n) is 7.34. The molecule has 0 bridgehead atoms. The number of aromatic nitrogens is 4. The van der Waals surface area contributed by atoms with Gasteiger partial charge in [-0.2, -0.15) is 0 Å². The Hall–Kier alpha value is -1.58. The van der Waals surface area contributed by atoms with Crippen LogP contribution in [0.3, 0.4) is 0 Å². The fraction of sp³-hybridized carbons (Fsp3) is 0.600. The van der Waals surface area contributed by atoms with Crippen LogP contribution in [-0.4, -0.2) is 9.13 Å². The molecule has 4 nitrogen and oxygen atoms in total. The lowest BCUT2D eigenvalue weighted by Crippen LogP contribution is -2.49. The van der Waals surface area contributed by atoms with E-state index in [1.54, 1.807) is 0 Å². The highest BCUT2D eigenvalue weighted by Gasteiger charge is 2.04. The van der Waals surface area contributed by atoms with Gasteiger partial charge in [-0.25, -0.2) is 9.13 Å². The maximum atomic E-state index is 3.35. The van der Waals surface area contributed by atoms with Crippen molar-refractivity contribution in [2.24, 2.45) is 0 Å². The van der Waals surface area contributed by atoms with Crippen LogP contribution in [0.4, 0.5) is 0 Å². The maximum Gasteiger partial charge on any atom is 0.246 e. The number of hydrogen-bond donors (Lipinski definition) is 0. The summed E-state index contributed by atoms with van der Waals surface area (Å²) in [5.74, 6) is 0. The first-order chi connectivity index (χ1) is 9.31. The lowest BCUT2D eigenvalue weighted by molar-refractivity contribution is -0.914. The summed E-state index contributed by atoms with van der Waals surface area (Å²) in [4.78, 5) is 0. The van der Waals surface area contributed by atoms with Crippen molar-refractivity contribution in [1.82, 2.24) is 9.13 Å². The number of unbranched alkanes of at least 4 members (excludes halogenated alkanes) is 2. The van der Waals surface area contributed by atoms with Crippen molar-refractivity contribution in [3.8, 4) is 0 Å². The predicted molar refractivity (Wildman–Crippen MR) is 73.3 cm³/mol. The Labute approximate surface area is 115 Å². The fourth-order valence-corrected chi connectivity index (χ4v) is 2.10. The summed E-state index contributed by atoms with van der Waals surface area (Å²) in [6.45, 7) is 7.44. The molecule has 0 unspecified atom stereocenters. The van der Waals surface area contributed by atoms with E-state index in [9.17, 15) is 0 Å². The van der Waals surface area contributed by atoms with E-state index in [0.29, 0.717) is 0 Å². The Bertz CT molecular complexity index is 440. The predicted octanol–water partition coefficient (Wildman–Crippen LogP) is 1.77. The lowest BCUT2D eigenvalue weighted by Gasteiger charge is -1.98. The molecule has 0 fully saturated rings. The Morgan fingerprint density at radius 1 is 1.00 bits per heavy atom. The minimum Gasteiger partial charge on any atom is -0.351 e. The third-order valence-corrected chi connectivity index (χ3v) is 3.27. The van der Waals surface area contributed by atoms with Crippen LogP contribution in [0.5, 0.6) is 0 Å². The quantitative estimate of drug-likeness (QED) is 0.509. The van der Waals surface area contributed by atoms with E-state index in [0.717, 1.165) is 19.8 Å². The first-order valence-corrected chi connectivity index (χ1v) is 7.34. The molecular weight excluding hydrogens is 236 g/mol. The van der Waals surface area contributed by atoms with E-state index in [1.807, 2.05) is 0 Å². The van der Waals surface area contributed by atoms with Gasteiger partial charge in [0.05, 0.1) is 13.1 Å². The van der Waals surface area contributed by atoms with E-state index in [2.05, 4.69) is 69.6 Å². The summed E-state index contributed by atoms with van der Waals surface area (Å²) in [7, 11) is 0. The number of nitrogens with zero attached hydrogens (tertiary/aromatic N) is 4. The molecule has 0 saturated carbocycles. The summed E-state index contributed by atoms with van der Waals surface area (Å²) >= 11 is 0. The average Bonchev–Trinajstić information content (AvgIpc) is 3.04. The van der Waals surface area contributed by atoms with Crippen LogP contribution in [0.1, 0.15) is 39.5 Å². The van der Waals surface area contributed by atoms with Gasteiger partial charge in [0.15, 0.2) is 0 Å². The molecule has 0 amide bonds. The Morgan fingerprint density at radius 2 is 1.79 bits per heavy atom. The zero-order valence-electron chi connectivity index (χ0n) is 12.1. The summed E-state index contributed by atoms with van der Waals surface area (Å²) in [5, 5.41) is 0. The summed E-state index contributed by atoms with van der Waals surface area (Å²) in [5.41, 5.74) is 0. The molecule has 104 valence electrons. The fourth-order valence-electron chi connectivity index (χ4n) is 2.10. The van der Waals surface area contributed by atoms with Crippen LogP contribution in [0, 0.1) is 6.33 Å². The largest absolute Gasteiger partial charge is 0.351 e. The number of hydrogen-bond acceptors (Lipinski definition) is 0. The molecule has 0 saturated heterocycles. The third kappa shape index (κ3) is 4.23. The van der Waals surface area contributed by atoms with E-state index in [-0.39, 0.29) is 0 Å². The molecule has 2 aromatic heterocycles. The summed E-state index contributed by atoms with van der Waals surface area (Å²) in [6.07, 6.45) is 18.9. The minimum absolute atomic E-state index is 0.832. The second-order valence-corrected chi connectivity index (χ2v) is 5.08. The van der Waals surface area contributed by atoms with Crippen LogP contribution in [0.25, 0.3) is 0 Å². The number of imidazole rings is 2. The van der Waals surface area contributed by atoms with E-state index < -0.39 is 0 Å². The van der Waals surface area contributed by atoms with Crippen LogP contribution < -0.4 is 9.13 Å². The Balaban J connectivity index is 1.89. The summed E-state index contributed by atoms with van der Waals surface area (Å²) < 4.78 is 8.67. The molecule has 0 aliphatic heterocycles. The molecule has 0 spiro atoms. The first kappa shape index (κ1) is 13.8. The van der Waals surface area contributed by atoms with E-state index in [4.69, 9.17) is 0 Å². The van der Waals surface area contributed by atoms with Gasteiger partial charge in [0.2, 0.25) is 19.3 Å². The molecule has 2 heterocycles. The smallest absolute Gasteiger partial charge is 0.246 e. The molecule has 0 atom stereocenters. The highest BCUT2D eigenvalue weighted by Crippen LogP contribution is 1.93. The standard InChI is InChI=1S/C15H25N4/c1-3-5-7-16-9-11-18(13-16)15-19-12-10-17(14-19)8-6-4-2/h9-13H,3-8,15H2,1-2H3/q+1. The van der Waals surface area contributed by atoms with Gasteiger partial charge in [-0.3, -0.25) is 0 Å².